The maximum Gasteiger partial charge on any atom is 0.239 e. The van der Waals surface area contributed by atoms with E-state index in [1.807, 2.05) is 60.7 Å². The van der Waals surface area contributed by atoms with Gasteiger partial charge in [-0.1, -0.05) is 60.7 Å². The Balaban J connectivity index is 1.68. The summed E-state index contributed by atoms with van der Waals surface area (Å²) in [6, 6.07) is 19.6. The summed E-state index contributed by atoms with van der Waals surface area (Å²) in [5.74, 6) is -0.0687. The van der Waals surface area contributed by atoms with Gasteiger partial charge < -0.3 is 10.2 Å². The maximum absolute atomic E-state index is 12.5. The van der Waals surface area contributed by atoms with E-state index in [0.29, 0.717) is 19.4 Å². The van der Waals surface area contributed by atoms with Crippen molar-refractivity contribution in [3.05, 3.63) is 71.8 Å². The Labute approximate surface area is 136 Å². The first-order valence-corrected chi connectivity index (χ1v) is 7.86. The molecule has 1 fully saturated rings. The number of rotatable bonds is 4. The molecule has 118 valence electrons. The van der Waals surface area contributed by atoms with Crippen LogP contribution in [0.5, 0.6) is 0 Å². The third-order valence-electron chi connectivity index (χ3n) is 4.01. The van der Waals surface area contributed by atoms with Crippen LogP contribution >= 0.6 is 0 Å². The Hall–Kier alpha value is -2.62. The van der Waals surface area contributed by atoms with Crippen LogP contribution in [0.15, 0.2) is 60.7 Å². The van der Waals surface area contributed by atoms with Crippen LogP contribution in [-0.4, -0.2) is 29.3 Å². The highest BCUT2D eigenvalue weighted by atomic mass is 16.2. The van der Waals surface area contributed by atoms with Crippen LogP contribution in [0, 0.1) is 0 Å². The fraction of sp³-hybridized carbons (Fsp3) is 0.263. The van der Waals surface area contributed by atoms with E-state index in [4.69, 9.17) is 0 Å². The van der Waals surface area contributed by atoms with Crippen molar-refractivity contribution >= 4 is 11.8 Å². The second-order valence-corrected chi connectivity index (χ2v) is 5.89. The number of nitrogens with zero attached hydrogens (tertiary/aromatic N) is 1. The zero-order valence-corrected chi connectivity index (χ0v) is 12.9. The van der Waals surface area contributed by atoms with Crippen LogP contribution in [-0.2, 0) is 22.6 Å². The molecule has 4 nitrogen and oxygen atoms in total. The third kappa shape index (κ3) is 4.19. The second kappa shape index (κ2) is 7.09. The standard InChI is InChI=1S/C19H20N2O2/c22-18-14-21(13-16-9-5-2-6-10-16)19(23)12-17(20-18)11-15-7-3-1-4-8-15/h1-10,17H,11-14H2,(H,20,22)/t17-/m1/s1. The van der Waals surface area contributed by atoms with Crippen LogP contribution in [0.4, 0.5) is 0 Å². The summed E-state index contributed by atoms with van der Waals surface area (Å²) in [7, 11) is 0. The minimum Gasteiger partial charge on any atom is -0.351 e. The maximum atomic E-state index is 12.5. The Morgan fingerprint density at radius 2 is 1.52 bits per heavy atom. The highest BCUT2D eigenvalue weighted by molar-refractivity contribution is 5.87. The molecule has 3 rings (SSSR count). The van der Waals surface area contributed by atoms with E-state index in [0.717, 1.165) is 11.1 Å². The van der Waals surface area contributed by atoms with Gasteiger partial charge >= 0.3 is 0 Å². The molecule has 0 radical (unpaired) electrons. The van der Waals surface area contributed by atoms with Gasteiger partial charge in [0.15, 0.2) is 0 Å². The molecule has 0 bridgehead atoms. The molecule has 0 unspecified atom stereocenters. The van der Waals surface area contributed by atoms with E-state index >= 15 is 0 Å². The first-order valence-electron chi connectivity index (χ1n) is 7.86. The Bertz CT molecular complexity index is 670. The number of carbonyl (C=O) groups is 2. The SMILES string of the molecule is O=C1CN(Cc2ccccc2)C(=O)C[C@@H](Cc2ccccc2)N1. The summed E-state index contributed by atoms with van der Waals surface area (Å²) < 4.78 is 0. The summed E-state index contributed by atoms with van der Waals surface area (Å²) in [4.78, 5) is 26.3. The molecule has 1 saturated heterocycles. The van der Waals surface area contributed by atoms with Gasteiger partial charge in [0.25, 0.3) is 0 Å². The van der Waals surface area contributed by atoms with Crippen LogP contribution in [0.3, 0.4) is 0 Å². The van der Waals surface area contributed by atoms with Gasteiger partial charge in [-0.15, -0.1) is 0 Å². The van der Waals surface area contributed by atoms with Crippen molar-refractivity contribution in [3.8, 4) is 0 Å². The van der Waals surface area contributed by atoms with Gasteiger partial charge in [-0.05, 0) is 17.5 Å². The molecule has 2 aromatic carbocycles. The summed E-state index contributed by atoms with van der Waals surface area (Å²) in [6.45, 7) is 0.601. The minimum absolute atomic E-state index is 0.0214. The van der Waals surface area contributed by atoms with Crippen LogP contribution in [0.1, 0.15) is 17.5 Å². The predicted molar refractivity (Wildman–Crippen MR) is 88.6 cm³/mol. The molecule has 2 aromatic rings. The Morgan fingerprint density at radius 1 is 0.913 bits per heavy atom. The van der Waals surface area contributed by atoms with Crippen LogP contribution < -0.4 is 5.32 Å². The molecule has 1 atom stereocenters. The number of carbonyl (C=O) groups excluding carboxylic acids is 2. The van der Waals surface area contributed by atoms with E-state index in [1.54, 1.807) is 4.90 Å². The van der Waals surface area contributed by atoms with Crippen molar-refractivity contribution in [2.24, 2.45) is 0 Å². The summed E-state index contributed by atoms with van der Waals surface area (Å²) >= 11 is 0. The van der Waals surface area contributed by atoms with Crippen molar-refractivity contribution < 1.29 is 9.59 Å². The van der Waals surface area contributed by atoms with Crippen molar-refractivity contribution in [2.75, 3.05) is 6.54 Å². The molecule has 4 heteroatoms. The Morgan fingerprint density at radius 3 is 2.17 bits per heavy atom. The van der Waals surface area contributed by atoms with E-state index in [9.17, 15) is 9.59 Å². The number of amides is 2. The lowest BCUT2D eigenvalue weighted by atomic mass is 10.0. The average Bonchev–Trinajstić information content (AvgIpc) is 2.68. The molecular formula is C19H20N2O2. The number of hydrogen-bond acceptors (Lipinski definition) is 2. The van der Waals surface area contributed by atoms with Crippen molar-refractivity contribution in [1.82, 2.24) is 10.2 Å². The monoisotopic (exact) mass is 308 g/mol. The molecule has 1 aliphatic rings. The Kier molecular flexibility index (Phi) is 4.71. The topological polar surface area (TPSA) is 49.4 Å². The largest absolute Gasteiger partial charge is 0.351 e. The van der Waals surface area contributed by atoms with Gasteiger partial charge in [0, 0.05) is 19.0 Å². The summed E-state index contributed by atoms with van der Waals surface area (Å²) in [5, 5.41) is 2.97. The predicted octanol–water partition coefficient (Wildman–Crippen LogP) is 2.15. The van der Waals surface area contributed by atoms with Crippen molar-refractivity contribution in [2.45, 2.75) is 25.4 Å². The molecule has 23 heavy (non-hydrogen) atoms. The highest BCUT2D eigenvalue weighted by Gasteiger charge is 2.27. The van der Waals surface area contributed by atoms with Gasteiger partial charge in [-0.3, -0.25) is 9.59 Å². The highest BCUT2D eigenvalue weighted by Crippen LogP contribution is 2.13. The van der Waals surface area contributed by atoms with Gasteiger partial charge in [-0.25, -0.2) is 0 Å². The second-order valence-electron chi connectivity index (χ2n) is 5.89. The minimum atomic E-state index is -0.141. The molecule has 0 aliphatic carbocycles. The van der Waals surface area contributed by atoms with E-state index < -0.39 is 0 Å². The zero-order valence-electron chi connectivity index (χ0n) is 12.9. The smallest absolute Gasteiger partial charge is 0.239 e. The lowest BCUT2D eigenvalue weighted by Gasteiger charge is -2.19. The lowest BCUT2D eigenvalue weighted by Crippen LogP contribution is -2.37. The molecule has 0 aromatic heterocycles. The lowest BCUT2D eigenvalue weighted by molar-refractivity contribution is -0.134. The van der Waals surface area contributed by atoms with E-state index in [-0.39, 0.29) is 24.4 Å². The molecule has 2 amide bonds. The number of benzene rings is 2. The van der Waals surface area contributed by atoms with Gasteiger partial charge in [-0.2, -0.15) is 0 Å². The first kappa shape index (κ1) is 15.3. The van der Waals surface area contributed by atoms with Crippen LogP contribution in [0.2, 0.25) is 0 Å². The third-order valence-corrected chi connectivity index (χ3v) is 4.01. The van der Waals surface area contributed by atoms with E-state index in [2.05, 4.69) is 5.32 Å². The van der Waals surface area contributed by atoms with Gasteiger partial charge in [0.1, 0.15) is 0 Å². The van der Waals surface area contributed by atoms with Gasteiger partial charge in [0.2, 0.25) is 11.8 Å². The number of hydrogen-bond donors (Lipinski definition) is 1. The quantitative estimate of drug-likeness (QED) is 0.941. The summed E-state index contributed by atoms with van der Waals surface area (Å²) in [5.41, 5.74) is 2.16. The fourth-order valence-corrected chi connectivity index (χ4v) is 2.90. The van der Waals surface area contributed by atoms with Crippen LogP contribution in [0.25, 0.3) is 0 Å². The van der Waals surface area contributed by atoms with E-state index in [1.165, 1.54) is 0 Å². The normalized spacial score (nSPS) is 18.4. The molecule has 0 spiro atoms. The van der Waals surface area contributed by atoms with Crippen molar-refractivity contribution in [3.63, 3.8) is 0 Å². The molecule has 1 heterocycles. The van der Waals surface area contributed by atoms with Crippen molar-refractivity contribution in [1.29, 1.82) is 0 Å². The van der Waals surface area contributed by atoms with Gasteiger partial charge in [0.05, 0.1) is 6.54 Å². The fourth-order valence-electron chi connectivity index (χ4n) is 2.90. The first-order chi connectivity index (χ1) is 11.2. The molecular weight excluding hydrogens is 288 g/mol. The molecule has 1 aliphatic heterocycles. The molecule has 0 saturated carbocycles. The molecule has 1 N–H and O–H groups in total. The summed E-state index contributed by atoms with van der Waals surface area (Å²) in [6.07, 6.45) is 1.02. The number of nitrogens with one attached hydrogen (secondary N) is 1. The zero-order chi connectivity index (χ0) is 16.1. The average molecular weight is 308 g/mol.